The lowest BCUT2D eigenvalue weighted by Crippen LogP contribution is -1.96. The number of benzene rings is 3. The van der Waals surface area contributed by atoms with Crippen LogP contribution < -0.4 is 9.47 Å². The van der Waals surface area contributed by atoms with Crippen LogP contribution in [0.1, 0.15) is 22.8 Å². The maximum Gasteiger partial charge on any atom is 0.185 e. The van der Waals surface area contributed by atoms with Gasteiger partial charge in [-0.05, 0) is 47.5 Å². The van der Waals surface area contributed by atoms with Crippen molar-refractivity contribution in [1.29, 1.82) is 0 Å². The quantitative estimate of drug-likeness (QED) is 0.463. The number of carbonyl (C=O) groups excluding carboxylic acids is 1. The van der Waals surface area contributed by atoms with Crippen LogP contribution >= 0.6 is 0 Å². The summed E-state index contributed by atoms with van der Waals surface area (Å²) in [6, 6.07) is 19.3. The summed E-state index contributed by atoms with van der Waals surface area (Å²) in [7, 11) is 1.60. The van der Waals surface area contributed by atoms with Crippen molar-refractivity contribution in [3.05, 3.63) is 77.9 Å². The van der Waals surface area contributed by atoms with Crippen molar-refractivity contribution in [3.63, 3.8) is 0 Å². The second-order valence-electron chi connectivity index (χ2n) is 5.60. The van der Waals surface area contributed by atoms with Crippen LogP contribution in [0.25, 0.3) is 16.8 Å². The van der Waals surface area contributed by atoms with E-state index >= 15 is 0 Å². The number of methoxy groups -OCH3 is 1. The lowest BCUT2D eigenvalue weighted by Gasteiger charge is -2.09. The van der Waals surface area contributed by atoms with Gasteiger partial charge in [0, 0.05) is 5.56 Å². The standard InChI is InChI=1S/C22H20O3/c1-3-25-21-13-9-16(14-22(21)24-2)8-12-20(23)19-11-10-17-6-4-5-7-18(17)15-19/h4-15H,3H2,1-2H3/b12-8+. The number of ether oxygens (including phenoxy) is 2. The highest BCUT2D eigenvalue weighted by Gasteiger charge is 2.06. The van der Waals surface area contributed by atoms with Gasteiger partial charge in [0.05, 0.1) is 13.7 Å². The number of rotatable bonds is 6. The molecule has 3 heteroatoms. The minimum atomic E-state index is -0.0291. The SMILES string of the molecule is CCOc1ccc(/C=C/C(=O)c2ccc3ccccc3c2)cc1OC. The van der Waals surface area contributed by atoms with Crippen molar-refractivity contribution in [2.45, 2.75) is 6.92 Å². The molecule has 3 aromatic rings. The van der Waals surface area contributed by atoms with E-state index in [0.717, 1.165) is 16.3 Å². The van der Waals surface area contributed by atoms with Gasteiger partial charge in [-0.2, -0.15) is 0 Å². The van der Waals surface area contributed by atoms with Gasteiger partial charge < -0.3 is 9.47 Å². The molecule has 0 spiro atoms. The maximum absolute atomic E-state index is 12.4. The van der Waals surface area contributed by atoms with Crippen LogP contribution in [0.15, 0.2) is 66.7 Å². The first kappa shape index (κ1) is 16.8. The Bertz CT molecular complexity index is 925. The smallest absolute Gasteiger partial charge is 0.185 e. The zero-order chi connectivity index (χ0) is 17.6. The zero-order valence-electron chi connectivity index (χ0n) is 14.4. The topological polar surface area (TPSA) is 35.5 Å². The predicted molar refractivity (Wildman–Crippen MR) is 101 cm³/mol. The molecule has 0 saturated heterocycles. The fourth-order valence-corrected chi connectivity index (χ4v) is 2.67. The molecule has 0 saturated carbocycles. The van der Waals surface area contributed by atoms with Crippen LogP contribution in [0.5, 0.6) is 11.5 Å². The summed E-state index contributed by atoms with van der Waals surface area (Å²) in [5.74, 6) is 1.32. The van der Waals surface area contributed by atoms with Crippen LogP contribution in [0.4, 0.5) is 0 Å². The first-order valence-corrected chi connectivity index (χ1v) is 8.23. The Kier molecular flexibility index (Phi) is 5.14. The average Bonchev–Trinajstić information content (AvgIpc) is 2.66. The number of ketones is 1. The summed E-state index contributed by atoms with van der Waals surface area (Å²) in [4.78, 5) is 12.4. The molecule has 0 atom stereocenters. The Hall–Kier alpha value is -3.07. The van der Waals surface area contributed by atoms with Crippen LogP contribution in [0, 0.1) is 0 Å². The third kappa shape index (κ3) is 3.89. The molecule has 0 aliphatic carbocycles. The lowest BCUT2D eigenvalue weighted by atomic mass is 10.0. The Morgan fingerprint density at radius 2 is 1.76 bits per heavy atom. The summed E-state index contributed by atoms with van der Waals surface area (Å²) >= 11 is 0. The van der Waals surface area contributed by atoms with Gasteiger partial charge in [0.25, 0.3) is 0 Å². The van der Waals surface area contributed by atoms with Crippen molar-refractivity contribution in [2.75, 3.05) is 13.7 Å². The monoisotopic (exact) mass is 332 g/mol. The number of allylic oxidation sites excluding steroid dienone is 1. The molecule has 0 fully saturated rings. The molecule has 0 unspecified atom stereocenters. The molecule has 3 aromatic carbocycles. The Morgan fingerprint density at radius 3 is 2.52 bits per heavy atom. The molecule has 126 valence electrons. The zero-order valence-corrected chi connectivity index (χ0v) is 14.4. The molecule has 25 heavy (non-hydrogen) atoms. The molecule has 0 aliphatic rings. The van der Waals surface area contributed by atoms with Gasteiger partial charge in [-0.15, -0.1) is 0 Å². The molecule has 0 radical (unpaired) electrons. The first-order valence-electron chi connectivity index (χ1n) is 8.23. The fourth-order valence-electron chi connectivity index (χ4n) is 2.67. The van der Waals surface area contributed by atoms with E-state index in [1.807, 2.05) is 67.6 Å². The maximum atomic E-state index is 12.4. The first-order chi connectivity index (χ1) is 12.2. The van der Waals surface area contributed by atoms with Gasteiger partial charge in [-0.3, -0.25) is 4.79 Å². The number of carbonyl (C=O) groups is 1. The van der Waals surface area contributed by atoms with Gasteiger partial charge in [-0.25, -0.2) is 0 Å². The molecular formula is C22H20O3. The van der Waals surface area contributed by atoms with Gasteiger partial charge >= 0.3 is 0 Å². The van der Waals surface area contributed by atoms with Crippen LogP contribution in [0.3, 0.4) is 0 Å². The van der Waals surface area contributed by atoms with E-state index in [4.69, 9.17) is 9.47 Å². The molecule has 3 nitrogen and oxygen atoms in total. The molecule has 0 aliphatic heterocycles. The van der Waals surface area contributed by atoms with E-state index < -0.39 is 0 Å². The number of fused-ring (bicyclic) bond motifs is 1. The molecule has 0 amide bonds. The summed E-state index contributed by atoms with van der Waals surface area (Å²) in [6.45, 7) is 2.50. The molecule has 0 bridgehead atoms. The molecule has 3 rings (SSSR count). The van der Waals surface area contributed by atoms with Crippen molar-refractivity contribution < 1.29 is 14.3 Å². The molecular weight excluding hydrogens is 312 g/mol. The number of hydrogen-bond acceptors (Lipinski definition) is 3. The van der Waals surface area contributed by atoms with Crippen LogP contribution in [-0.4, -0.2) is 19.5 Å². The van der Waals surface area contributed by atoms with E-state index in [2.05, 4.69) is 0 Å². The summed E-state index contributed by atoms with van der Waals surface area (Å²) in [5, 5.41) is 2.18. The van der Waals surface area contributed by atoms with E-state index in [9.17, 15) is 4.79 Å². The Balaban J connectivity index is 1.81. The predicted octanol–water partition coefficient (Wildman–Crippen LogP) is 5.14. The van der Waals surface area contributed by atoms with E-state index in [-0.39, 0.29) is 5.78 Å². The van der Waals surface area contributed by atoms with Crippen molar-refractivity contribution in [1.82, 2.24) is 0 Å². The highest BCUT2D eigenvalue weighted by atomic mass is 16.5. The van der Waals surface area contributed by atoms with Gasteiger partial charge in [0.2, 0.25) is 0 Å². The van der Waals surface area contributed by atoms with E-state index in [1.54, 1.807) is 19.3 Å². The summed E-state index contributed by atoms with van der Waals surface area (Å²) in [6.07, 6.45) is 3.37. The highest BCUT2D eigenvalue weighted by Crippen LogP contribution is 2.28. The Morgan fingerprint density at radius 1 is 0.960 bits per heavy atom. The molecule has 0 N–H and O–H groups in total. The van der Waals surface area contributed by atoms with Gasteiger partial charge in [0.1, 0.15) is 0 Å². The second-order valence-corrected chi connectivity index (χ2v) is 5.60. The third-order valence-corrected chi connectivity index (χ3v) is 3.95. The fraction of sp³-hybridized carbons (Fsp3) is 0.136. The third-order valence-electron chi connectivity index (χ3n) is 3.95. The van der Waals surface area contributed by atoms with E-state index in [0.29, 0.717) is 23.7 Å². The molecule has 0 heterocycles. The second kappa shape index (κ2) is 7.67. The van der Waals surface area contributed by atoms with Crippen molar-refractivity contribution >= 4 is 22.6 Å². The van der Waals surface area contributed by atoms with Crippen LogP contribution in [-0.2, 0) is 0 Å². The lowest BCUT2D eigenvalue weighted by molar-refractivity contribution is 0.104. The van der Waals surface area contributed by atoms with Gasteiger partial charge in [0.15, 0.2) is 17.3 Å². The van der Waals surface area contributed by atoms with Crippen molar-refractivity contribution in [3.8, 4) is 11.5 Å². The summed E-state index contributed by atoms with van der Waals surface area (Å²) in [5.41, 5.74) is 1.56. The van der Waals surface area contributed by atoms with Crippen LogP contribution in [0.2, 0.25) is 0 Å². The molecule has 0 aromatic heterocycles. The largest absolute Gasteiger partial charge is 0.493 e. The number of hydrogen-bond donors (Lipinski definition) is 0. The minimum absolute atomic E-state index is 0.0291. The summed E-state index contributed by atoms with van der Waals surface area (Å²) < 4.78 is 10.8. The normalized spacial score (nSPS) is 11.0. The highest BCUT2D eigenvalue weighted by molar-refractivity contribution is 6.08. The average molecular weight is 332 g/mol. The Labute approximate surface area is 147 Å². The van der Waals surface area contributed by atoms with Gasteiger partial charge in [-0.1, -0.05) is 48.5 Å². The van der Waals surface area contributed by atoms with E-state index in [1.165, 1.54) is 0 Å². The minimum Gasteiger partial charge on any atom is -0.493 e. The van der Waals surface area contributed by atoms with Crippen molar-refractivity contribution in [2.24, 2.45) is 0 Å².